The van der Waals surface area contributed by atoms with E-state index in [9.17, 15) is 0 Å². The van der Waals surface area contributed by atoms with Gasteiger partial charge in [-0.05, 0) is 18.9 Å². The Morgan fingerprint density at radius 3 is 3.00 bits per heavy atom. The van der Waals surface area contributed by atoms with Crippen LogP contribution < -0.4 is 15.5 Å². The van der Waals surface area contributed by atoms with E-state index in [1.807, 2.05) is 23.3 Å². The molecule has 4 nitrogen and oxygen atoms in total. The average molecular weight is 222 g/mol. The molecule has 0 radical (unpaired) electrons. The number of anilines is 2. The SMILES string of the molecule is CCCOc1cc(N)cc(N2CCCO2)c1. The monoisotopic (exact) mass is 222 g/mol. The Morgan fingerprint density at radius 1 is 1.44 bits per heavy atom. The van der Waals surface area contributed by atoms with Gasteiger partial charge in [-0.25, -0.2) is 0 Å². The van der Waals surface area contributed by atoms with Crippen LogP contribution in [0.15, 0.2) is 18.2 Å². The van der Waals surface area contributed by atoms with Crippen LogP contribution >= 0.6 is 0 Å². The molecule has 0 spiro atoms. The molecule has 1 aromatic rings. The number of ether oxygens (including phenoxy) is 1. The van der Waals surface area contributed by atoms with Gasteiger partial charge in [-0.1, -0.05) is 6.92 Å². The molecule has 1 fully saturated rings. The van der Waals surface area contributed by atoms with Gasteiger partial charge in [0.1, 0.15) is 5.75 Å². The molecule has 0 aliphatic carbocycles. The van der Waals surface area contributed by atoms with Gasteiger partial charge in [0.25, 0.3) is 0 Å². The van der Waals surface area contributed by atoms with E-state index >= 15 is 0 Å². The first-order chi connectivity index (χ1) is 7.79. The molecule has 1 aromatic carbocycles. The Morgan fingerprint density at radius 2 is 2.31 bits per heavy atom. The van der Waals surface area contributed by atoms with Crippen molar-refractivity contribution in [2.75, 3.05) is 30.6 Å². The van der Waals surface area contributed by atoms with E-state index in [2.05, 4.69) is 6.92 Å². The van der Waals surface area contributed by atoms with Crippen LogP contribution in [0.25, 0.3) is 0 Å². The summed E-state index contributed by atoms with van der Waals surface area (Å²) in [7, 11) is 0. The Hall–Kier alpha value is -1.42. The minimum absolute atomic E-state index is 0.708. The summed E-state index contributed by atoms with van der Waals surface area (Å²) in [6.07, 6.45) is 2.05. The molecule has 1 saturated heterocycles. The van der Waals surface area contributed by atoms with Crippen molar-refractivity contribution in [2.24, 2.45) is 0 Å². The zero-order chi connectivity index (χ0) is 11.4. The number of nitrogens with two attached hydrogens (primary N) is 1. The summed E-state index contributed by atoms with van der Waals surface area (Å²) >= 11 is 0. The first kappa shape index (κ1) is 11.1. The number of nitrogens with zero attached hydrogens (tertiary/aromatic N) is 1. The Balaban J connectivity index is 2.14. The lowest BCUT2D eigenvalue weighted by molar-refractivity contribution is 0.168. The average Bonchev–Trinajstić information content (AvgIpc) is 2.79. The topological polar surface area (TPSA) is 47.7 Å². The van der Waals surface area contributed by atoms with E-state index < -0.39 is 0 Å². The Kier molecular flexibility index (Phi) is 3.51. The molecule has 16 heavy (non-hydrogen) atoms. The van der Waals surface area contributed by atoms with Crippen LogP contribution in [-0.2, 0) is 4.84 Å². The van der Waals surface area contributed by atoms with Gasteiger partial charge in [0.05, 0.1) is 18.9 Å². The van der Waals surface area contributed by atoms with Crippen LogP contribution in [0, 0.1) is 0 Å². The first-order valence-electron chi connectivity index (χ1n) is 5.73. The summed E-state index contributed by atoms with van der Waals surface area (Å²) in [4.78, 5) is 5.48. The molecule has 0 aromatic heterocycles. The lowest BCUT2D eigenvalue weighted by Crippen LogP contribution is -2.16. The van der Waals surface area contributed by atoms with E-state index in [4.69, 9.17) is 15.3 Å². The van der Waals surface area contributed by atoms with Crippen molar-refractivity contribution < 1.29 is 9.57 Å². The molecule has 1 heterocycles. The molecule has 2 N–H and O–H groups in total. The molecule has 4 heteroatoms. The Labute approximate surface area is 95.9 Å². The predicted molar refractivity (Wildman–Crippen MR) is 64.6 cm³/mol. The fraction of sp³-hybridized carbons (Fsp3) is 0.500. The van der Waals surface area contributed by atoms with E-state index in [0.29, 0.717) is 12.3 Å². The van der Waals surface area contributed by atoms with Crippen molar-refractivity contribution in [1.29, 1.82) is 0 Å². The van der Waals surface area contributed by atoms with Crippen LogP contribution in [0.4, 0.5) is 11.4 Å². The maximum absolute atomic E-state index is 5.84. The molecule has 0 bridgehead atoms. The lowest BCUT2D eigenvalue weighted by Gasteiger charge is -2.17. The fourth-order valence-electron chi connectivity index (χ4n) is 1.70. The summed E-state index contributed by atoms with van der Waals surface area (Å²) in [6, 6.07) is 5.72. The van der Waals surface area contributed by atoms with E-state index in [1.165, 1.54) is 0 Å². The van der Waals surface area contributed by atoms with Gasteiger partial charge in [0.15, 0.2) is 0 Å². The molecule has 0 unspecified atom stereocenters. The van der Waals surface area contributed by atoms with Crippen LogP contribution in [0.1, 0.15) is 19.8 Å². The smallest absolute Gasteiger partial charge is 0.123 e. The van der Waals surface area contributed by atoms with E-state index in [0.717, 1.165) is 37.4 Å². The largest absolute Gasteiger partial charge is 0.493 e. The third-order valence-corrected chi connectivity index (χ3v) is 2.43. The van der Waals surface area contributed by atoms with Crippen LogP contribution in [-0.4, -0.2) is 19.8 Å². The quantitative estimate of drug-likeness (QED) is 0.793. The van der Waals surface area contributed by atoms with Crippen LogP contribution in [0.2, 0.25) is 0 Å². The normalized spacial score (nSPS) is 15.4. The highest BCUT2D eigenvalue weighted by molar-refractivity contribution is 5.59. The fourth-order valence-corrected chi connectivity index (χ4v) is 1.70. The number of nitrogen functional groups attached to an aromatic ring is 1. The van der Waals surface area contributed by atoms with Crippen molar-refractivity contribution in [3.8, 4) is 5.75 Å². The van der Waals surface area contributed by atoms with Gasteiger partial charge in [-0.3, -0.25) is 9.90 Å². The number of rotatable bonds is 4. The van der Waals surface area contributed by atoms with Gasteiger partial charge >= 0.3 is 0 Å². The van der Waals surface area contributed by atoms with Crippen molar-refractivity contribution >= 4 is 11.4 Å². The second kappa shape index (κ2) is 5.07. The zero-order valence-electron chi connectivity index (χ0n) is 9.61. The third-order valence-electron chi connectivity index (χ3n) is 2.43. The van der Waals surface area contributed by atoms with Gasteiger partial charge in [-0.15, -0.1) is 0 Å². The molecule has 2 rings (SSSR count). The number of hydroxylamine groups is 1. The molecular formula is C12H18N2O2. The summed E-state index contributed by atoms with van der Waals surface area (Å²) in [5.74, 6) is 0.812. The number of benzene rings is 1. The summed E-state index contributed by atoms with van der Waals surface area (Å²) in [6.45, 7) is 4.48. The van der Waals surface area contributed by atoms with Crippen molar-refractivity contribution in [3.05, 3.63) is 18.2 Å². The third kappa shape index (κ3) is 2.58. The minimum Gasteiger partial charge on any atom is -0.493 e. The second-order valence-corrected chi connectivity index (χ2v) is 3.90. The van der Waals surface area contributed by atoms with Gasteiger partial charge in [0.2, 0.25) is 0 Å². The molecule has 1 aliphatic heterocycles. The molecule has 0 amide bonds. The maximum atomic E-state index is 5.84. The van der Waals surface area contributed by atoms with Crippen LogP contribution in [0.5, 0.6) is 5.75 Å². The maximum Gasteiger partial charge on any atom is 0.123 e. The van der Waals surface area contributed by atoms with Gasteiger partial charge in [-0.2, -0.15) is 0 Å². The molecule has 88 valence electrons. The van der Waals surface area contributed by atoms with Gasteiger partial charge < -0.3 is 10.5 Å². The molecule has 1 aliphatic rings. The zero-order valence-corrected chi connectivity index (χ0v) is 9.61. The summed E-state index contributed by atoms with van der Waals surface area (Å²) < 4.78 is 5.57. The summed E-state index contributed by atoms with van der Waals surface area (Å²) in [5.41, 5.74) is 7.52. The number of hydrogen-bond donors (Lipinski definition) is 1. The van der Waals surface area contributed by atoms with Crippen molar-refractivity contribution in [2.45, 2.75) is 19.8 Å². The highest BCUT2D eigenvalue weighted by Crippen LogP contribution is 2.27. The molecular weight excluding hydrogens is 204 g/mol. The second-order valence-electron chi connectivity index (χ2n) is 3.90. The van der Waals surface area contributed by atoms with E-state index in [-0.39, 0.29) is 0 Å². The number of hydrogen-bond acceptors (Lipinski definition) is 4. The first-order valence-corrected chi connectivity index (χ1v) is 5.73. The predicted octanol–water partition coefficient (Wildman–Crippen LogP) is 2.20. The standard InChI is InChI=1S/C12H18N2O2/c1-2-5-15-12-8-10(13)7-11(9-12)14-4-3-6-16-14/h7-9H,2-6,13H2,1H3. The minimum atomic E-state index is 0.708. The Bertz CT molecular complexity index is 349. The lowest BCUT2D eigenvalue weighted by atomic mass is 10.2. The van der Waals surface area contributed by atoms with E-state index in [1.54, 1.807) is 0 Å². The molecule has 0 saturated carbocycles. The van der Waals surface area contributed by atoms with Gasteiger partial charge in [0, 0.05) is 24.4 Å². The van der Waals surface area contributed by atoms with Crippen molar-refractivity contribution in [3.63, 3.8) is 0 Å². The van der Waals surface area contributed by atoms with Crippen LogP contribution in [0.3, 0.4) is 0 Å². The summed E-state index contributed by atoms with van der Waals surface area (Å²) in [5, 5.41) is 1.87. The molecule has 0 atom stereocenters. The van der Waals surface area contributed by atoms with Crippen molar-refractivity contribution in [1.82, 2.24) is 0 Å². The highest BCUT2D eigenvalue weighted by atomic mass is 16.7. The highest BCUT2D eigenvalue weighted by Gasteiger charge is 2.14.